The number of benzene rings is 2. The fraction of sp³-hybridized carbons (Fsp3) is 0.417. The van der Waals surface area contributed by atoms with Crippen LogP contribution in [0.2, 0.25) is 0 Å². The molecule has 0 saturated carbocycles. The van der Waals surface area contributed by atoms with Crippen molar-refractivity contribution in [3.05, 3.63) is 65.7 Å². The first-order valence-corrected chi connectivity index (χ1v) is 10.9. The number of carbonyl (C=O) groups is 1. The van der Waals surface area contributed by atoms with Crippen LogP contribution in [0.3, 0.4) is 0 Å². The van der Waals surface area contributed by atoms with Gasteiger partial charge in [0, 0.05) is 25.7 Å². The summed E-state index contributed by atoms with van der Waals surface area (Å²) in [5.74, 6) is 0.930. The van der Waals surface area contributed by atoms with Gasteiger partial charge in [-0.1, -0.05) is 42.5 Å². The number of likely N-dealkylation sites (tertiary alicyclic amines) is 1. The quantitative estimate of drug-likeness (QED) is 0.403. The molecule has 1 atom stereocenters. The van der Waals surface area contributed by atoms with E-state index in [9.17, 15) is 4.79 Å². The van der Waals surface area contributed by atoms with Gasteiger partial charge in [0.05, 0.1) is 6.54 Å². The van der Waals surface area contributed by atoms with E-state index in [4.69, 9.17) is 15.5 Å². The van der Waals surface area contributed by atoms with Gasteiger partial charge in [0.2, 0.25) is 0 Å². The zero-order valence-corrected chi connectivity index (χ0v) is 18.2. The van der Waals surface area contributed by atoms with E-state index in [-0.39, 0.29) is 6.61 Å². The zero-order chi connectivity index (χ0) is 21.9. The third-order valence-electron chi connectivity index (χ3n) is 5.28. The Kier molecular flexibility index (Phi) is 8.72. The van der Waals surface area contributed by atoms with Crippen molar-refractivity contribution in [2.75, 3.05) is 26.2 Å². The number of hydrogen-bond acceptors (Lipinski definition) is 4. The van der Waals surface area contributed by atoms with Gasteiger partial charge in [-0.15, -0.1) is 0 Å². The van der Waals surface area contributed by atoms with Crippen LogP contribution in [0, 0.1) is 0 Å². The molecule has 1 aliphatic heterocycles. The Morgan fingerprint density at radius 2 is 1.97 bits per heavy atom. The number of nitrogens with one attached hydrogen (secondary N) is 2. The molecular formula is C24H33N5O2. The summed E-state index contributed by atoms with van der Waals surface area (Å²) < 4.78 is 5.38. The summed E-state index contributed by atoms with van der Waals surface area (Å²) in [4.78, 5) is 18.2. The number of aliphatic imine (C=N–C) groups is 1. The lowest BCUT2D eigenvalue weighted by Gasteiger charge is -2.25. The second-order valence-electron chi connectivity index (χ2n) is 7.73. The Bertz CT molecular complexity index is 856. The minimum absolute atomic E-state index is 0.127. The first-order valence-electron chi connectivity index (χ1n) is 10.9. The van der Waals surface area contributed by atoms with Crippen LogP contribution in [0.5, 0.6) is 5.75 Å². The van der Waals surface area contributed by atoms with Crippen LogP contribution in [-0.4, -0.2) is 49.0 Å². The molecule has 31 heavy (non-hydrogen) atoms. The molecule has 1 heterocycles. The number of nitrogens with two attached hydrogens (primary N) is 1. The van der Waals surface area contributed by atoms with Crippen LogP contribution in [0.4, 0.5) is 0 Å². The summed E-state index contributed by atoms with van der Waals surface area (Å²) in [5, 5.41) is 6.83. The van der Waals surface area contributed by atoms with Crippen molar-refractivity contribution in [2.24, 2.45) is 10.7 Å². The van der Waals surface area contributed by atoms with Crippen LogP contribution in [-0.2, 0) is 17.9 Å². The highest BCUT2D eigenvalue weighted by molar-refractivity contribution is 5.79. The van der Waals surface area contributed by atoms with E-state index in [0.29, 0.717) is 18.3 Å². The van der Waals surface area contributed by atoms with Gasteiger partial charge < -0.3 is 21.1 Å². The smallest absolute Gasteiger partial charge is 0.255 e. The maximum Gasteiger partial charge on any atom is 0.255 e. The molecule has 0 aliphatic carbocycles. The Morgan fingerprint density at radius 3 is 2.74 bits per heavy atom. The van der Waals surface area contributed by atoms with Gasteiger partial charge in [0.15, 0.2) is 12.6 Å². The Morgan fingerprint density at radius 1 is 1.16 bits per heavy atom. The third kappa shape index (κ3) is 7.61. The lowest BCUT2D eigenvalue weighted by Crippen LogP contribution is -2.44. The monoisotopic (exact) mass is 423 g/mol. The number of amides is 1. The summed E-state index contributed by atoms with van der Waals surface area (Å²) in [6.45, 7) is 6.23. The molecule has 0 bridgehead atoms. The molecule has 0 spiro atoms. The molecular weight excluding hydrogens is 390 g/mol. The molecule has 1 amide bonds. The molecule has 0 radical (unpaired) electrons. The van der Waals surface area contributed by atoms with Gasteiger partial charge in [0.1, 0.15) is 5.75 Å². The highest BCUT2D eigenvalue weighted by atomic mass is 16.5. The predicted octanol–water partition coefficient (Wildman–Crippen LogP) is 2.27. The van der Waals surface area contributed by atoms with Gasteiger partial charge in [0.25, 0.3) is 5.91 Å². The Labute approximate surface area is 184 Å². The second-order valence-corrected chi connectivity index (χ2v) is 7.73. The molecule has 7 nitrogen and oxygen atoms in total. The van der Waals surface area contributed by atoms with E-state index in [1.54, 1.807) is 6.07 Å². The van der Waals surface area contributed by atoms with Crippen LogP contribution >= 0.6 is 0 Å². The number of guanidine groups is 1. The lowest BCUT2D eigenvalue weighted by atomic mass is 10.2. The van der Waals surface area contributed by atoms with Crippen molar-refractivity contribution in [1.82, 2.24) is 15.5 Å². The Hall–Kier alpha value is -3.06. The topological polar surface area (TPSA) is 92.0 Å². The molecule has 2 aromatic rings. The van der Waals surface area contributed by atoms with E-state index in [1.807, 2.05) is 18.2 Å². The number of primary amides is 1. The standard InChI is InChI=1S/C24H33N5O2/c1-2-26-24(27-15-20-10-6-12-22(14-20)31-18-23(25)30)28-16-21-11-7-13-29(21)17-19-8-4-3-5-9-19/h3-6,8-10,12,14,21H,2,7,11,13,15-18H2,1H3,(H2,25,30)(H2,26,27,28). The van der Waals surface area contributed by atoms with Crippen molar-refractivity contribution >= 4 is 11.9 Å². The fourth-order valence-electron chi connectivity index (χ4n) is 3.77. The van der Waals surface area contributed by atoms with E-state index >= 15 is 0 Å². The molecule has 166 valence electrons. The van der Waals surface area contributed by atoms with Gasteiger partial charge in [-0.25, -0.2) is 4.99 Å². The van der Waals surface area contributed by atoms with Gasteiger partial charge in [-0.05, 0) is 49.6 Å². The molecule has 0 aromatic heterocycles. The molecule has 1 unspecified atom stereocenters. The average molecular weight is 424 g/mol. The summed E-state index contributed by atoms with van der Waals surface area (Å²) in [6, 6.07) is 18.7. The van der Waals surface area contributed by atoms with Crippen LogP contribution in [0.15, 0.2) is 59.6 Å². The van der Waals surface area contributed by atoms with E-state index in [1.165, 1.54) is 18.4 Å². The first kappa shape index (κ1) is 22.6. The molecule has 1 saturated heterocycles. The molecule has 3 rings (SSSR count). The number of ether oxygens (including phenoxy) is 1. The van der Waals surface area contributed by atoms with Crippen LogP contribution in [0.25, 0.3) is 0 Å². The highest BCUT2D eigenvalue weighted by Crippen LogP contribution is 2.19. The number of rotatable bonds is 10. The predicted molar refractivity (Wildman–Crippen MR) is 124 cm³/mol. The molecule has 2 aromatic carbocycles. The van der Waals surface area contributed by atoms with Gasteiger partial charge in [-0.2, -0.15) is 0 Å². The van der Waals surface area contributed by atoms with Crippen molar-refractivity contribution in [3.63, 3.8) is 0 Å². The number of nitrogens with zero attached hydrogens (tertiary/aromatic N) is 2. The van der Waals surface area contributed by atoms with E-state index in [0.717, 1.165) is 37.7 Å². The zero-order valence-electron chi connectivity index (χ0n) is 18.2. The Balaban J connectivity index is 1.54. The molecule has 1 aliphatic rings. The van der Waals surface area contributed by atoms with Gasteiger partial charge >= 0.3 is 0 Å². The van der Waals surface area contributed by atoms with Crippen LogP contribution in [0.1, 0.15) is 30.9 Å². The van der Waals surface area contributed by atoms with E-state index in [2.05, 4.69) is 52.8 Å². The summed E-state index contributed by atoms with van der Waals surface area (Å²) >= 11 is 0. The fourth-order valence-corrected chi connectivity index (χ4v) is 3.77. The summed E-state index contributed by atoms with van der Waals surface area (Å²) in [5.41, 5.74) is 7.50. The molecule has 7 heteroatoms. The first-order chi connectivity index (χ1) is 15.1. The highest BCUT2D eigenvalue weighted by Gasteiger charge is 2.24. The van der Waals surface area contributed by atoms with Crippen LogP contribution < -0.4 is 21.1 Å². The van der Waals surface area contributed by atoms with Crippen molar-refractivity contribution < 1.29 is 9.53 Å². The summed E-state index contributed by atoms with van der Waals surface area (Å²) in [7, 11) is 0. The lowest BCUT2D eigenvalue weighted by molar-refractivity contribution is -0.119. The summed E-state index contributed by atoms with van der Waals surface area (Å²) in [6.07, 6.45) is 2.42. The molecule has 4 N–H and O–H groups in total. The second kappa shape index (κ2) is 12.0. The van der Waals surface area contributed by atoms with Crippen molar-refractivity contribution in [1.29, 1.82) is 0 Å². The van der Waals surface area contributed by atoms with Crippen molar-refractivity contribution in [3.8, 4) is 5.75 Å². The average Bonchev–Trinajstić information content (AvgIpc) is 3.22. The minimum atomic E-state index is -0.490. The maximum atomic E-state index is 10.9. The SMILES string of the molecule is CCNC(=NCc1cccc(OCC(N)=O)c1)NCC1CCCN1Cc1ccccc1. The normalized spacial score (nSPS) is 16.8. The number of carbonyl (C=O) groups excluding carboxylic acids is 1. The van der Waals surface area contributed by atoms with Crippen molar-refractivity contribution in [2.45, 2.75) is 38.9 Å². The largest absolute Gasteiger partial charge is 0.484 e. The third-order valence-corrected chi connectivity index (χ3v) is 5.28. The van der Waals surface area contributed by atoms with Gasteiger partial charge in [-0.3, -0.25) is 9.69 Å². The van der Waals surface area contributed by atoms with E-state index < -0.39 is 5.91 Å². The number of hydrogen-bond donors (Lipinski definition) is 3. The minimum Gasteiger partial charge on any atom is -0.484 e. The maximum absolute atomic E-state index is 10.9. The molecule has 1 fully saturated rings.